The maximum absolute atomic E-state index is 9.00. The van der Waals surface area contributed by atoms with Gasteiger partial charge in [0.1, 0.15) is 4.92 Å². The lowest BCUT2D eigenvalue weighted by Gasteiger charge is -2.03. The number of carbonyl (C=O) groups is 1. The van der Waals surface area contributed by atoms with Gasteiger partial charge in [-0.25, -0.2) is 0 Å². The molecule has 0 radical (unpaired) electrons. The monoisotopic (exact) mass is 255 g/mol. The van der Waals surface area contributed by atoms with Crippen LogP contribution in [0.1, 0.15) is 0 Å². The molecule has 0 fully saturated rings. The number of hydrogen-bond acceptors (Lipinski definition) is 11. The molecule has 0 aliphatic heterocycles. The van der Waals surface area contributed by atoms with E-state index in [0.29, 0.717) is 0 Å². The highest BCUT2D eigenvalue weighted by Crippen LogP contribution is 1.64. The van der Waals surface area contributed by atoms with E-state index in [0.717, 1.165) is 0 Å². The molecule has 0 atom stereocenters. The number of nitro groups is 1. The fourth-order valence-corrected chi connectivity index (χ4v) is 0. The van der Waals surface area contributed by atoms with E-state index in [2.05, 4.69) is 23.4 Å². The summed E-state index contributed by atoms with van der Waals surface area (Å²) in [6, 6.07) is 0. The zero-order chi connectivity index (χ0) is 13.7. The summed E-state index contributed by atoms with van der Waals surface area (Å²) in [5.74, 6) is 16.0. The lowest BCUT2D eigenvalue weighted by atomic mass is 11.3. The zero-order valence-electron chi connectivity index (χ0n) is 6.98. The maximum Gasteiger partial charge on any atom is 0.654 e. The van der Waals surface area contributed by atoms with Crippen LogP contribution in [-0.4, -0.2) is 20.8 Å². The van der Waals surface area contributed by atoms with E-state index in [9.17, 15) is 0 Å². The molecular formula is CH10ClN5O8. The van der Waals surface area contributed by atoms with Gasteiger partial charge in [0.15, 0.2) is 0 Å². The first-order valence-corrected chi connectivity index (χ1v) is 3.58. The second-order valence-electron chi connectivity index (χ2n) is 0.936. The minimum Gasteiger partial charge on any atom is -0.423 e. The highest BCUT2D eigenvalue weighted by molar-refractivity contribution is 5.54. The summed E-state index contributed by atoms with van der Waals surface area (Å²) in [5.41, 5.74) is 0. The third-order valence-electron chi connectivity index (χ3n) is 0.156. The van der Waals surface area contributed by atoms with Gasteiger partial charge in [-0.2, -0.15) is 18.8 Å². The van der Waals surface area contributed by atoms with E-state index in [1.807, 2.05) is 0 Å². The summed E-state index contributed by atoms with van der Waals surface area (Å²) in [6.07, 6.45) is -2.02. The molecule has 1 amide bonds. The van der Waals surface area contributed by atoms with Gasteiger partial charge in [-0.1, -0.05) is 0 Å². The first kappa shape index (κ1) is 23.6. The number of nitrogens with two attached hydrogens (primary N) is 4. The van der Waals surface area contributed by atoms with Gasteiger partial charge in [-0.3, -0.25) is 33.5 Å². The highest BCUT2D eigenvalue weighted by Gasteiger charge is 2.07. The lowest BCUT2D eigenvalue weighted by Crippen LogP contribution is -2.58. The number of amides is 1. The maximum atomic E-state index is 9.00. The second-order valence-corrected chi connectivity index (χ2v) is 1.73. The van der Waals surface area contributed by atoms with Gasteiger partial charge in [-0.05, 0) is 0 Å². The van der Waals surface area contributed by atoms with Crippen LogP contribution in [0.2, 0.25) is 0 Å². The topological polar surface area (TPSA) is 274 Å². The van der Waals surface area contributed by atoms with Crippen LogP contribution in [0, 0.1) is 20.4 Å². The van der Waals surface area contributed by atoms with Crippen molar-refractivity contribution >= 4 is 6.09 Å². The lowest BCUT2D eigenvalue weighted by molar-refractivity contribution is -1.92. The van der Waals surface area contributed by atoms with Crippen LogP contribution in [0.3, 0.4) is 0 Å². The Kier molecular flexibility index (Phi) is 24.1. The Hall–Kier alpha value is -1.16. The Morgan fingerprint density at radius 2 is 1.20 bits per heavy atom. The molecule has 0 rings (SSSR count). The van der Waals surface area contributed by atoms with Crippen LogP contribution in [0.4, 0.5) is 4.79 Å². The van der Waals surface area contributed by atoms with Gasteiger partial charge in [0.2, 0.25) is 0 Å². The van der Waals surface area contributed by atoms with Crippen molar-refractivity contribution in [3.8, 4) is 0 Å². The quantitative estimate of drug-likeness (QED) is 0.134. The molecule has 0 aliphatic carbocycles. The van der Waals surface area contributed by atoms with E-state index < -0.39 is 21.3 Å². The van der Waals surface area contributed by atoms with Crippen LogP contribution in [0.25, 0.3) is 0 Å². The Morgan fingerprint density at radius 1 is 1.13 bits per heavy atom. The van der Waals surface area contributed by atoms with Crippen molar-refractivity contribution in [2.24, 2.45) is 23.4 Å². The SMILES string of the molecule is NN.NN.O=C(O)[N+](=O)[O-].[O-][Cl+3]([O-])([O-])O. The fourth-order valence-electron chi connectivity index (χ4n) is 0. The van der Waals surface area contributed by atoms with Crippen molar-refractivity contribution in [2.45, 2.75) is 0 Å². The van der Waals surface area contributed by atoms with E-state index in [1.54, 1.807) is 0 Å². The van der Waals surface area contributed by atoms with E-state index in [-0.39, 0.29) is 0 Å². The van der Waals surface area contributed by atoms with Crippen LogP contribution in [0.5, 0.6) is 0 Å². The standard InChI is InChI=1S/CHNO4.ClHO4.2H4N2/c3-1(4)2(5)6;2-1(3,4)5;2*1-2/h(H,3,4);(H,2,3,4,5);2*1-2H2. The molecule has 0 saturated heterocycles. The van der Waals surface area contributed by atoms with Gasteiger partial charge in [0, 0.05) is 0 Å². The minimum absolute atomic E-state index is 1.42. The summed E-state index contributed by atoms with van der Waals surface area (Å²) in [4.78, 5) is 16.5. The largest absolute Gasteiger partial charge is 0.654 e. The Bertz CT molecular complexity index is 138. The smallest absolute Gasteiger partial charge is 0.423 e. The number of hydrogen-bond donors (Lipinski definition) is 6. The molecule has 0 unspecified atom stereocenters. The van der Waals surface area contributed by atoms with Gasteiger partial charge < -0.3 is 5.11 Å². The molecule has 0 spiro atoms. The Balaban J connectivity index is -0.0000000610. The van der Waals surface area contributed by atoms with E-state index >= 15 is 0 Å². The van der Waals surface area contributed by atoms with Crippen molar-refractivity contribution in [1.29, 1.82) is 0 Å². The summed E-state index contributed by atoms with van der Waals surface area (Å²) < 4.78 is 32.7. The third-order valence-corrected chi connectivity index (χ3v) is 0.156. The molecule has 0 heterocycles. The van der Waals surface area contributed by atoms with Gasteiger partial charge in [-0.15, -0.1) is 0 Å². The summed E-state index contributed by atoms with van der Waals surface area (Å²) >= 11 is 0. The highest BCUT2D eigenvalue weighted by atomic mass is 35.7. The van der Waals surface area contributed by atoms with Crippen molar-refractivity contribution in [3.63, 3.8) is 0 Å². The van der Waals surface area contributed by atoms with Crippen molar-refractivity contribution in [1.82, 2.24) is 0 Å². The molecular weight excluding hydrogens is 245 g/mol. The normalized spacial score (nSPS) is 7.73. The van der Waals surface area contributed by atoms with Crippen molar-refractivity contribution in [2.75, 3.05) is 0 Å². The van der Waals surface area contributed by atoms with Crippen LogP contribution in [-0.2, 0) is 0 Å². The molecule has 0 aromatic heterocycles. The molecule has 0 aliphatic rings. The fraction of sp³-hybridized carbons (Fsp3) is 0. The molecule has 0 aromatic carbocycles. The predicted molar refractivity (Wildman–Crippen MR) is 34.0 cm³/mol. The summed E-state index contributed by atoms with van der Waals surface area (Å²) in [6.45, 7) is 0. The number of rotatable bonds is 0. The molecule has 10 N–H and O–H groups in total. The first-order valence-electron chi connectivity index (χ1n) is 2.32. The van der Waals surface area contributed by atoms with Crippen LogP contribution < -0.4 is 37.3 Å². The van der Waals surface area contributed by atoms with Gasteiger partial charge in [0.25, 0.3) is 0 Å². The molecule has 0 bridgehead atoms. The average Bonchev–Trinajstić information content (AvgIpc) is 2.08. The van der Waals surface area contributed by atoms with E-state index in [1.165, 1.54) is 0 Å². The Morgan fingerprint density at radius 3 is 1.20 bits per heavy atom. The first-order chi connectivity index (χ1) is 6.64. The van der Waals surface area contributed by atoms with Gasteiger partial charge >= 0.3 is 6.09 Å². The number of hydrazine groups is 2. The van der Waals surface area contributed by atoms with Crippen LogP contribution in [0.15, 0.2) is 0 Å². The molecule has 94 valence electrons. The summed E-state index contributed by atoms with van der Waals surface area (Å²) in [5, 5.41) is 16.2. The number of nitrogens with zero attached hydrogens (tertiary/aromatic N) is 1. The number of carboxylic acid groups (broad SMARTS) is 1. The second kappa shape index (κ2) is 15.3. The molecule has 13 nitrogen and oxygen atoms in total. The molecule has 15 heavy (non-hydrogen) atoms. The average molecular weight is 256 g/mol. The third kappa shape index (κ3) is 187. The minimum atomic E-state index is -4.69. The summed E-state index contributed by atoms with van der Waals surface area (Å²) in [7, 11) is -4.69. The van der Waals surface area contributed by atoms with Crippen molar-refractivity contribution < 1.29 is 43.7 Å². The molecule has 0 saturated carbocycles. The van der Waals surface area contributed by atoms with Crippen LogP contribution >= 0.6 is 0 Å². The molecule has 0 aromatic rings. The van der Waals surface area contributed by atoms with E-state index in [4.69, 9.17) is 38.7 Å². The Labute approximate surface area is 84.3 Å². The molecule has 14 heteroatoms. The predicted octanol–water partition coefficient (Wildman–Crippen LogP) is -6.55. The zero-order valence-corrected chi connectivity index (χ0v) is 7.73. The van der Waals surface area contributed by atoms with Crippen molar-refractivity contribution in [3.05, 3.63) is 10.1 Å². The number of halogens is 1. The van der Waals surface area contributed by atoms with Gasteiger partial charge in [0.05, 0.1) is 14.9 Å².